The van der Waals surface area contributed by atoms with Crippen LogP contribution < -0.4 is 4.90 Å². The lowest BCUT2D eigenvalue weighted by molar-refractivity contribution is 0.926. The molecular formula is C39H31N3. The highest BCUT2D eigenvalue weighted by atomic mass is 15.1. The summed E-state index contributed by atoms with van der Waals surface area (Å²) in [6, 6.07) is 51.7. The molecule has 1 aromatic heterocycles. The van der Waals surface area contributed by atoms with Crippen molar-refractivity contribution < 1.29 is 0 Å². The summed E-state index contributed by atoms with van der Waals surface area (Å²) in [6.45, 7) is 4.53. The fourth-order valence-corrected chi connectivity index (χ4v) is 6.16. The molecule has 6 aromatic carbocycles. The Morgan fingerprint density at radius 3 is 2.07 bits per heavy atom. The first-order valence-electron chi connectivity index (χ1n) is 14.3. The van der Waals surface area contributed by atoms with Crippen LogP contribution in [0.15, 0.2) is 151 Å². The van der Waals surface area contributed by atoms with Crippen LogP contribution in [0.1, 0.15) is 5.56 Å². The molecule has 3 heteroatoms. The van der Waals surface area contributed by atoms with Crippen LogP contribution in [0.2, 0.25) is 0 Å². The van der Waals surface area contributed by atoms with E-state index in [0.717, 1.165) is 23.6 Å². The third kappa shape index (κ3) is 4.46. The van der Waals surface area contributed by atoms with Crippen LogP contribution in [0.5, 0.6) is 0 Å². The van der Waals surface area contributed by atoms with Crippen LogP contribution in [0.25, 0.3) is 49.7 Å². The molecule has 0 radical (unpaired) electrons. The molecule has 0 unspecified atom stereocenters. The summed E-state index contributed by atoms with van der Waals surface area (Å²) >= 11 is 0. The van der Waals surface area contributed by atoms with Gasteiger partial charge in [0, 0.05) is 30.1 Å². The average molecular weight is 542 g/mol. The van der Waals surface area contributed by atoms with Gasteiger partial charge in [0.15, 0.2) is 0 Å². The lowest BCUT2D eigenvalue weighted by atomic mass is 9.94. The van der Waals surface area contributed by atoms with Crippen molar-refractivity contribution in [2.24, 2.45) is 4.99 Å². The Hall–Kier alpha value is -5.41. The number of rotatable bonds is 7. The van der Waals surface area contributed by atoms with Crippen molar-refractivity contribution in [2.45, 2.75) is 6.54 Å². The van der Waals surface area contributed by atoms with Crippen molar-refractivity contribution in [1.29, 1.82) is 0 Å². The van der Waals surface area contributed by atoms with E-state index in [9.17, 15) is 0 Å². The van der Waals surface area contributed by atoms with Gasteiger partial charge in [-0.2, -0.15) is 0 Å². The predicted octanol–water partition coefficient (Wildman–Crippen LogP) is 10.1. The van der Waals surface area contributed by atoms with Crippen LogP contribution >= 0.6 is 0 Å². The van der Waals surface area contributed by atoms with E-state index in [1.54, 1.807) is 0 Å². The fraction of sp³-hybridized carbons (Fsp3) is 0.0513. The van der Waals surface area contributed by atoms with E-state index >= 15 is 0 Å². The SMILES string of the molecule is C=Nc1ccccc1N(C)Cc1ccc2c(c1-c1ccccc1)c1ccccc1n2-c1cccc(-c2ccccc2)c1. The summed E-state index contributed by atoms with van der Waals surface area (Å²) in [6.07, 6.45) is 0. The topological polar surface area (TPSA) is 20.5 Å². The van der Waals surface area contributed by atoms with Gasteiger partial charge in [0.2, 0.25) is 0 Å². The predicted molar refractivity (Wildman–Crippen MR) is 179 cm³/mol. The number of hydrogen-bond acceptors (Lipinski definition) is 2. The van der Waals surface area contributed by atoms with Gasteiger partial charge >= 0.3 is 0 Å². The molecule has 0 spiro atoms. The molecule has 0 aliphatic carbocycles. The van der Waals surface area contributed by atoms with E-state index in [-0.39, 0.29) is 0 Å². The van der Waals surface area contributed by atoms with Crippen LogP contribution in [0.4, 0.5) is 11.4 Å². The zero-order chi connectivity index (χ0) is 28.5. The molecule has 0 saturated heterocycles. The summed E-state index contributed by atoms with van der Waals surface area (Å²) in [5.41, 5.74) is 11.6. The fourth-order valence-electron chi connectivity index (χ4n) is 6.16. The Morgan fingerprint density at radius 2 is 1.29 bits per heavy atom. The molecule has 0 atom stereocenters. The van der Waals surface area contributed by atoms with Crippen molar-refractivity contribution in [2.75, 3.05) is 11.9 Å². The minimum atomic E-state index is 0.732. The molecule has 3 nitrogen and oxygen atoms in total. The number of para-hydroxylation sites is 3. The van der Waals surface area contributed by atoms with Gasteiger partial charge in [0.1, 0.15) is 0 Å². The first kappa shape index (κ1) is 25.6. The second-order valence-electron chi connectivity index (χ2n) is 10.6. The van der Waals surface area contributed by atoms with E-state index in [4.69, 9.17) is 0 Å². The molecular weight excluding hydrogens is 510 g/mol. The number of nitrogens with zero attached hydrogens (tertiary/aromatic N) is 3. The number of anilines is 1. The van der Waals surface area contributed by atoms with Gasteiger partial charge in [-0.05, 0) is 70.9 Å². The lowest BCUT2D eigenvalue weighted by Crippen LogP contribution is -2.17. The Kier molecular flexibility index (Phi) is 6.61. The van der Waals surface area contributed by atoms with Gasteiger partial charge < -0.3 is 9.47 Å². The zero-order valence-electron chi connectivity index (χ0n) is 23.6. The largest absolute Gasteiger partial charge is 0.369 e. The Morgan fingerprint density at radius 1 is 0.619 bits per heavy atom. The number of aromatic nitrogens is 1. The van der Waals surface area contributed by atoms with Crippen LogP contribution in [0.3, 0.4) is 0 Å². The molecule has 0 fully saturated rings. The van der Waals surface area contributed by atoms with Crippen LogP contribution in [-0.2, 0) is 6.54 Å². The molecule has 0 aliphatic rings. The third-order valence-electron chi connectivity index (χ3n) is 8.07. The van der Waals surface area contributed by atoms with Crippen LogP contribution in [-0.4, -0.2) is 18.3 Å². The number of hydrogen-bond donors (Lipinski definition) is 0. The van der Waals surface area contributed by atoms with E-state index in [2.05, 4.69) is 162 Å². The average Bonchev–Trinajstić information content (AvgIpc) is 3.40. The molecule has 0 N–H and O–H groups in total. The van der Waals surface area contributed by atoms with E-state index < -0.39 is 0 Å². The summed E-state index contributed by atoms with van der Waals surface area (Å²) in [4.78, 5) is 6.54. The molecule has 0 bridgehead atoms. The molecule has 202 valence electrons. The smallest absolute Gasteiger partial charge is 0.0855 e. The van der Waals surface area contributed by atoms with E-state index in [0.29, 0.717) is 0 Å². The van der Waals surface area contributed by atoms with Gasteiger partial charge in [-0.3, -0.25) is 4.99 Å². The van der Waals surface area contributed by atoms with Gasteiger partial charge in [-0.25, -0.2) is 0 Å². The van der Waals surface area contributed by atoms with Gasteiger partial charge in [-0.1, -0.05) is 109 Å². The maximum Gasteiger partial charge on any atom is 0.0855 e. The third-order valence-corrected chi connectivity index (χ3v) is 8.07. The second kappa shape index (κ2) is 10.9. The van der Waals surface area contributed by atoms with E-state index in [1.807, 2.05) is 12.1 Å². The van der Waals surface area contributed by atoms with Crippen molar-refractivity contribution in [3.05, 3.63) is 151 Å². The molecule has 1 heterocycles. The number of fused-ring (bicyclic) bond motifs is 3. The highest BCUT2D eigenvalue weighted by Crippen LogP contribution is 2.41. The van der Waals surface area contributed by atoms with Gasteiger partial charge in [0.05, 0.1) is 22.4 Å². The number of benzene rings is 6. The standard InChI is InChI=1S/C39H31N3/c1-40-34-21-10-12-23-36(34)41(2)27-31-24-25-37-39(38(31)29-16-7-4-8-17-29)33-20-9-11-22-35(33)42(37)32-19-13-18-30(26-32)28-14-5-3-6-15-28/h3-26H,1,27H2,2H3. The quantitative estimate of drug-likeness (QED) is 0.184. The summed E-state index contributed by atoms with van der Waals surface area (Å²) in [5, 5.41) is 2.51. The molecule has 7 aromatic rings. The van der Waals surface area contributed by atoms with Crippen LogP contribution in [0, 0.1) is 0 Å². The van der Waals surface area contributed by atoms with Gasteiger partial charge in [0.25, 0.3) is 0 Å². The van der Waals surface area contributed by atoms with Crippen molar-refractivity contribution in [1.82, 2.24) is 4.57 Å². The summed E-state index contributed by atoms with van der Waals surface area (Å²) in [5.74, 6) is 0. The Bertz CT molecular complexity index is 2040. The second-order valence-corrected chi connectivity index (χ2v) is 10.6. The minimum absolute atomic E-state index is 0.732. The molecule has 42 heavy (non-hydrogen) atoms. The Labute approximate surface area is 246 Å². The highest BCUT2D eigenvalue weighted by Gasteiger charge is 2.20. The molecule has 7 rings (SSSR count). The molecule has 0 amide bonds. The molecule has 0 aliphatic heterocycles. The van der Waals surface area contributed by atoms with Gasteiger partial charge in [-0.15, -0.1) is 0 Å². The zero-order valence-corrected chi connectivity index (χ0v) is 23.6. The summed E-state index contributed by atoms with van der Waals surface area (Å²) < 4.78 is 2.41. The number of aliphatic imine (C=N–C) groups is 1. The van der Waals surface area contributed by atoms with Crippen molar-refractivity contribution in [3.63, 3.8) is 0 Å². The molecule has 0 saturated carbocycles. The Balaban J connectivity index is 1.47. The maximum absolute atomic E-state index is 4.28. The minimum Gasteiger partial charge on any atom is -0.369 e. The first-order valence-corrected chi connectivity index (χ1v) is 14.3. The normalized spacial score (nSPS) is 11.2. The first-order chi connectivity index (χ1) is 20.7. The summed E-state index contributed by atoms with van der Waals surface area (Å²) in [7, 11) is 2.13. The van der Waals surface area contributed by atoms with Crippen molar-refractivity contribution >= 4 is 39.9 Å². The highest BCUT2D eigenvalue weighted by molar-refractivity contribution is 6.16. The maximum atomic E-state index is 4.28. The van der Waals surface area contributed by atoms with E-state index in [1.165, 1.54) is 49.6 Å². The van der Waals surface area contributed by atoms with Crippen molar-refractivity contribution in [3.8, 4) is 27.9 Å². The monoisotopic (exact) mass is 541 g/mol. The lowest BCUT2D eigenvalue weighted by Gasteiger charge is -2.23.